The second kappa shape index (κ2) is 4.56. The molecule has 2 aromatic rings. The predicted molar refractivity (Wildman–Crippen MR) is 54.5 cm³/mol. The molecule has 0 bridgehead atoms. The Morgan fingerprint density at radius 1 is 1.62 bits per heavy atom. The minimum Gasteiger partial charge on any atom is -0.360 e. The summed E-state index contributed by atoms with van der Waals surface area (Å²) in [6.45, 7) is 2.25. The highest BCUT2D eigenvalue weighted by molar-refractivity contribution is 5.89. The number of rotatable bonds is 4. The van der Waals surface area contributed by atoms with Crippen molar-refractivity contribution in [3.05, 3.63) is 24.5 Å². The SMILES string of the molecule is Cc1cc(NC(=O)CCn2cncn2)no1. The Kier molecular flexibility index (Phi) is 2.95. The Hall–Kier alpha value is -2.18. The van der Waals surface area contributed by atoms with E-state index in [1.165, 1.54) is 6.33 Å². The molecule has 0 radical (unpaired) electrons. The van der Waals surface area contributed by atoms with Gasteiger partial charge < -0.3 is 9.84 Å². The molecule has 0 fully saturated rings. The van der Waals surface area contributed by atoms with E-state index in [1.807, 2.05) is 0 Å². The Balaban J connectivity index is 1.81. The van der Waals surface area contributed by atoms with Gasteiger partial charge in [0.1, 0.15) is 18.4 Å². The molecule has 0 aliphatic carbocycles. The lowest BCUT2D eigenvalue weighted by molar-refractivity contribution is -0.116. The molecule has 0 unspecified atom stereocenters. The highest BCUT2D eigenvalue weighted by Gasteiger charge is 2.06. The maximum Gasteiger partial charge on any atom is 0.227 e. The molecule has 2 aromatic heterocycles. The zero-order chi connectivity index (χ0) is 11.4. The Labute approximate surface area is 91.5 Å². The zero-order valence-electron chi connectivity index (χ0n) is 8.75. The van der Waals surface area contributed by atoms with Crippen LogP contribution in [0.3, 0.4) is 0 Å². The van der Waals surface area contributed by atoms with Crippen molar-refractivity contribution >= 4 is 11.7 Å². The van der Waals surface area contributed by atoms with Gasteiger partial charge in [-0.15, -0.1) is 0 Å². The highest BCUT2D eigenvalue weighted by Crippen LogP contribution is 2.07. The third kappa shape index (κ3) is 2.66. The van der Waals surface area contributed by atoms with Crippen LogP contribution in [0.1, 0.15) is 12.2 Å². The van der Waals surface area contributed by atoms with E-state index < -0.39 is 0 Å². The summed E-state index contributed by atoms with van der Waals surface area (Å²) < 4.78 is 6.41. The number of anilines is 1. The number of hydrogen-bond donors (Lipinski definition) is 1. The first-order chi connectivity index (χ1) is 7.74. The first-order valence-electron chi connectivity index (χ1n) is 4.79. The smallest absolute Gasteiger partial charge is 0.227 e. The van der Waals surface area contributed by atoms with E-state index in [1.54, 1.807) is 24.0 Å². The van der Waals surface area contributed by atoms with Crippen molar-refractivity contribution in [1.82, 2.24) is 19.9 Å². The molecule has 84 valence electrons. The van der Waals surface area contributed by atoms with E-state index in [-0.39, 0.29) is 5.91 Å². The standard InChI is InChI=1S/C9H11N5O2/c1-7-4-8(13-16-7)12-9(15)2-3-14-6-10-5-11-14/h4-6H,2-3H2,1H3,(H,12,13,15). The summed E-state index contributed by atoms with van der Waals surface area (Å²) in [6, 6.07) is 1.66. The Morgan fingerprint density at radius 2 is 2.50 bits per heavy atom. The van der Waals surface area contributed by atoms with Gasteiger partial charge in [-0.1, -0.05) is 5.16 Å². The summed E-state index contributed by atoms with van der Waals surface area (Å²) in [6.07, 6.45) is 3.31. The van der Waals surface area contributed by atoms with Crippen LogP contribution in [0.5, 0.6) is 0 Å². The molecule has 7 heteroatoms. The van der Waals surface area contributed by atoms with Crippen molar-refractivity contribution < 1.29 is 9.32 Å². The molecule has 0 spiro atoms. The van der Waals surface area contributed by atoms with Gasteiger partial charge in [-0.3, -0.25) is 9.48 Å². The first-order valence-corrected chi connectivity index (χ1v) is 4.79. The first kappa shape index (κ1) is 10.3. The molecule has 1 amide bonds. The molecule has 0 saturated heterocycles. The van der Waals surface area contributed by atoms with Gasteiger partial charge >= 0.3 is 0 Å². The lowest BCUT2D eigenvalue weighted by Gasteiger charge is -2.00. The van der Waals surface area contributed by atoms with Gasteiger partial charge in [-0.05, 0) is 6.92 Å². The van der Waals surface area contributed by atoms with Gasteiger partial charge in [-0.25, -0.2) is 4.98 Å². The molecule has 0 aliphatic heterocycles. The number of carbonyl (C=O) groups excluding carboxylic acids is 1. The molecule has 0 aliphatic rings. The van der Waals surface area contributed by atoms with Crippen LogP contribution < -0.4 is 5.32 Å². The van der Waals surface area contributed by atoms with Crippen molar-refractivity contribution in [1.29, 1.82) is 0 Å². The minimum atomic E-state index is -0.135. The van der Waals surface area contributed by atoms with Crippen LogP contribution in [0.2, 0.25) is 0 Å². The molecule has 0 aromatic carbocycles. The zero-order valence-corrected chi connectivity index (χ0v) is 8.75. The normalized spacial score (nSPS) is 10.3. The van der Waals surface area contributed by atoms with Crippen LogP contribution in [0, 0.1) is 6.92 Å². The molecular weight excluding hydrogens is 210 g/mol. The summed E-state index contributed by atoms with van der Waals surface area (Å²) in [4.78, 5) is 15.2. The number of aryl methyl sites for hydroxylation is 2. The van der Waals surface area contributed by atoms with Gasteiger partial charge in [0, 0.05) is 12.5 Å². The average Bonchev–Trinajstić information content (AvgIpc) is 2.87. The van der Waals surface area contributed by atoms with Gasteiger partial charge in [0.15, 0.2) is 5.82 Å². The lowest BCUT2D eigenvalue weighted by Crippen LogP contribution is -2.14. The summed E-state index contributed by atoms with van der Waals surface area (Å²) in [5.41, 5.74) is 0. The third-order valence-electron chi connectivity index (χ3n) is 1.93. The number of nitrogens with zero attached hydrogens (tertiary/aromatic N) is 4. The third-order valence-corrected chi connectivity index (χ3v) is 1.93. The number of amides is 1. The number of aromatic nitrogens is 4. The molecule has 7 nitrogen and oxygen atoms in total. The number of carbonyl (C=O) groups is 1. The monoisotopic (exact) mass is 221 g/mol. The molecule has 1 N–H and O–H groups in total. The Bertz CT molecular complexity index is 462. The second-order valence-electron chi connectivity index (χ2n) is 3.28. The Morgan fingerprint density at radius 3 is 3.12 bits per heavy atom. The van der Waals surface area contributed by atoms with E-state index in [0.29, 0.717) is 24.5 Å². The maximum atomic E-state index is 11.5. The van der Waals surface area contributed by atoms with Gasteiger partial charge in [0.2, 0.25) is 5.91 Å². The van der Waals surface area contributed by atoms with Gasteiger partial charge in [0.05, 0.1) is 6.54 Å². The average molecular weight is 221 g/mol. The van der Waals surface area contributed by atoms with Crippen LogP contribution in [0.15, 0.2) is 23.2 Å². The molecule has 0 atom stereocenters. The lowest BCUT2D eigenvalue weighted by atomic mass is 10.4. The number of hydrogen-bond acceptors (Lipinski definition) is 5. The quantitative estimate of drug-likeness (QED) is 0.817. The van der Waals surface area contributed by atoms with Crippen LogP contribution in [-0.2, 0) is 11.3 Å². The summed E-state index contributed by atoms with van der Waals surface area (Å²) >= 11 is 0. The fourth-order valence-corrected chi connectivity index (χ4v) is 1.19. The van der Waals surface area contributed by atoms with Crippen molar-refractivity contribution in [2.75, 3.05) is 5.32 Å². The van der Waals surface area contributed by atoms with Crippen molar-refractivity contribution in [3.8, 4) is 0 Å². The molecule has 0 saturated carbocycles. The van der Waals surface area contributed by atoms with Crippen molar-refractivity contribution in [3.63, 3.8) is 0 Å². The van der Waals surface area contributed by atoms with Crippen LogP contribution in [0.4, 0.5) is 5.82 Å². The van der Waals surface area contributed by atoms with E-state index in [2.05, 4.69) is 20.6 Å². The van der Waals surface area contributed by atoms with E-state index in [9.17, 15) is 4.79 Å². The summed E-state index contributed by atoms with van der Waals surface area (Å²) in [7, 11) is 0. The molecule has 2 rings (SSSR count). The molecular formula is C9H11N5O2. The van der Waals surface area contributed by atoms with Crippen LogP contribution in [-0.4, -0.2) is 25.8 Å². The summed E-state index contributed by atoms with van der Waals surface area (Å²) in [5, 5.41) is 10.2. The van der Waals surface area contributed by atoms with Gasteiger partial charge in [0.25, 0.3) is 0 Å². The van der Waals surface area contributed by atoms with Crippen LogP contribution in [0.25, 0.3) is 0 Å². The fraction of sp³-hybridized carbons (Fsp3) is 0.333. The van der Waals surface area contributed by atoms with Crippen LogP contribution >= 0.6 is 0 Å². The topological polar surface area (TPSA) is 85.8 Å². The maximum absolute atomic E-state index is 11.5. The highest BCUT2D eigenvalue weighted by atomic mass is 16.5. The van der Waals surface area contributed by atoms with Crippen molar-refractivity contribution in [2.45, 2.75) is 19.9 Å². The molecule has 2 heterocycles. The van der Waals surface area contributed by atoms with Crippen molar-refractivity contribution in [2.24, 2.45) is 0 Å². The largest absolute Gasteiger partial charge is 0.360 e. The van der Waals surface area contributed by atoms with E-state index in [0.717, 1.165) is 0 Å². The molecule has 16 heavy (non-hydrogen) atoms. The summed E-state index contributed by atoms with van der Waals surface area (Å²) in [5.74, 6) is 0.955. The fourth-order valence-electron chi connectivity index (χ4n) is 1.19. The van der Waals surface area contributed by atoms with E-state index in [4.69, 9.17) is 4.52 Å². The second-order valence-corrected chi connectivity index (χ2v) is 3.28. The predicted octanol–water partition coefficient (Wildman–Crippen LogP) is 0.603. The number of nitrogens with one attached hydrogen (secondary N) is 1. The minimum absolute atomic E-state index is 0.135. The van der Waals surface area contributed by atoms with Gasteiger partial charge in [-0.2, -0.15) is 5.10 Å². The van der Waals surface area contributed by atoms with E-state index >= 15 is 0 Å².